The second kappa shape index (κ2) is 5.12. The molecule has 0 amide bonds. The van der Waals surface area contributed by atoms with Crippen molar-refractivity contribution in [2.45, 2.75) is 6.04 Å². The van der Waals surface area contributed by atoms with E-state index in [-0.39, 0.29) is 6.04 Å². The summed E-state index contributed by atoms with van der Waals surface area (Å²) in [5, 5.41) is 0.608. The summed E-state index contributed by atoms with van der Waals surface area (Å²) in [5.74, 6) is 0.649. The Morgan fingerprint density at radius 1 is 1.35 bits per heavy atom. The Kier molecular flexibility index (Phi) is 3.56. The van der Waals surface area contributed by atoms with Gasteiger partial charge in [0.2, 0.25) is 0 Å². The SMILES string of the molecule is COc1cc(Cl)ccc1C(N)c1cnccn1. The number of hydrogen-bond donors (Lipinski definition) is 1. The molecular weight excluding hydrogens is 238 g/mol. The van der Waals surface area contributed by atoms with E-state index in [2.05, 4.69) is 9.97 Å². The van der Waals surface area contributed by atoms with Crippen molar-refractivity contribution >= 4 is 11.6 Å². The zero-order valence-electron chi connectivity index (χ0n) is 9.30. The highest BCUT2D eigenvalue weighted by Gasteiger charge is 2.15. The van der Waals surface area contributed by atoms with Gasteiger partial charge in [0.25, 0.3) is 0 Å². The van der Waals surface area contributed by atoms with Crippen LogP contribution in [0.3, 0.4) is 0 Å². The molecule has 4 nitrogen and oxygen atoms in total. The van der Waals surface area contributed by atoms with Crippen LogP contribution in [0.1, 0.15) is 17.3 Å². The maximum Gasteiger partial charge on any atom is 0.125 e. The predicted octanol–water partition coefficient (Wildman–Crippen LogP) is 2.19. The Labute approximate surface area is 104 Å². The number of methoxy groups -OCH3 is 1. The molecule has 1 aromatic heterocycles. The van der Waals surface area contributed by atoms with Crippen LogP contribution in [-0.4, -0.2) is 17.1 Å². The lowest BCUT2D eigenvalue weighted by molar-refractivity contribution is 0.407. The number of nitrogens with two attached hydrogens (primary N) is 1. The van der Waals surface area contributed by atoms with Gasteiger partial charge in [-0.15, -0.1) is 0 Å². The molecule has 0 aliphatic carbocycles. The normalized spacial score (nSPS) is 12.2. The highest BCUT2D eigenvalue weighted by Crippen LogP contribution is 2.29. The standard InChI is InChI=1S/C12H12ClN3O/c1-17-11-6-8(13)2-3-9(11)12(14)10-7-15-4-5-16-10/h2-7,12H,14H2,1H3. The number of halogens is 1. The summed E-state index contributed by atoms with van der Waals surface area (Å²) < 4.78 is 5.26. The van der Waals surface area contributed by atoms with E-state index in [1.807, 2.05) is 6.07 Å². The Morgan fingerprint density at radius 3 is 2.82 bits per heavy atom. The van der Waals surface area contributed by atoms with Gasteiger partial charge in [-0.2, -0.15) is 0 Å². The van der Waals surface area contributed by atoms with Gasteiger partial charge in [0, 0.05) is 23.0 Å². The minimum Gasteiger partial charge on any atom is -0.496 e. The van der Waals surface area contributed by atoms with Crippen molar-refractivity contribution in [3.05, 3.63) is 53.1 Å². The summed E-state index contributed by atoms with van der Waals surface area (Å²) in [6.07, 6.45) is 4.85. The molecule has 88 valence electrons. The summed E-state index contributed by atoms with van der Waals surface area (Å²) >= 11 is 5.90. The van der Waals surface area contributed by atoms with Crippen LogP contribution in [0.2, 0.25) is 5.02 Å². The molecule has 0 aliphatic heterocycles. The first-order valence-electron chi connectivity index (χ1n) is 5.07. The van der Waals surface area contributed by atoms with Crippen LogP contribution in [0.4, 0.5) is 0 Å². The first-order valence-corrected chi connectivity index (χ1v) is 5.45. The topological polar surface area (TPSA) is 61.0 Å². The average molecular weight is 250 g/mol. The Balaban J connectivity index is 2.40. The largest absolute Gasteiger partial charge is 0.496 e. The van der Waals surface area contributed by atoms with E-state index in [1.165, 1.54) is 0 Å². The molecule has 1 heterocycles. The fraction of sp³-hybridized carbons (Fsp3) is 0.167. The van der Waals surface area contributed by atoms with Crippen molar-refractivity contribution in [1.82, 2.24) is 9.97 Å². The first-order chi connectivity index (χ1) is 8.22. The van der Waals surface area contributed by atoms with Gasteiger partial charge in [0.1, 0.15) is 5.75 Å². The van der Waals surface area contributed by atoms with Crippen LogP contribution >= 0.6 is 11.6 Å². The molecule has 1 atom stereocenters. The van der Waals surface area contributed by atoms with Gasteiger partial charge >= 0.3 is 0 Å². The quantitative estimate of drug-likeness (QED) is 0.906. The lowest BCUT2D eigenvalue weighted by atomic mass is 10.0. The highest BCUT2D eigenvalue weighted by atomic mass is 35.5. The second-order valence-electron chi connectivity index (χ2n) is 3.49. The van der Waals surface area contributed by atoms with E-state index in [1.54, 1.807) is 37.8 Å². The molecule has 1 aromatic carbocycles. The van der Waals surface area contributed by atoms with Crippen molar-refractivity contribution in [3.8, 4) is 5.75 Å². The molecule has 0 spiro atoms. The van der Waals surface area contributed by atoms with Crippen LogP contribution in [-0.2, 0) is 0 Å². The predicted molar refractivity (Wildman–Crippen MR) is 66.1 cm³/mol. The third-order valence-electron chi connectivity index (χ3n) is 2.43. The van der Waals surface area contributed by atoms with Gasteiger partial charge in [0.05, 0.1) is 25.0 Å². The molecular formula is C12H12ClN3O. The molecule has 2 aromatic rings. The van der Waals surface area contributed by atoms with Crippen molar-refractivity contribution in [3.63, 3.8) is 0 Å². The summed E-state index contributed by atoms with van der Waals surface area (Å²) in [6.45, 7) is 0. The smallest absolute Gasteiger partial charge is 0.125 e. The van der Waals surface area contributed by atoms with Gasteiger partial charge in [-0.25, -0.2) is 0 Å². The van der Waals surface area contributed by atoms with E-state index in [4.69, 9.17) is 22.1 Å². The monoisotopic (exact) mass is 249 g/mol. The lowest BCUT2D eigenvalue weighted by Crippen LogP contribution is -2.14. The summed E-state index contributed by atoms with van der Waals surface area (Å²) in [6, 6.07) is 4.96. The molecule has 2 N–H and O–H groups in total. The maximum atomic E-state index is 6.12. The third-order valence-corrected chi connectivity index (χ3v) is 2.67. The molecule has 1 unspecified atom stereocenters. The van der Waals surface area contributed by atoms with Crippen LogP contribution in [0.25, 0.3) is 0 Å². The zero-order valence-corrected chi connectivity index (χ0v) is 10.1. The van der Waals surface area contributed by atoms with Crippen LogP contribution in [0.5, 0.6) is 5.75 Å². The molecule has 17 heavy (non-hydrogen) atoms. The van der Waals surface area contributed by atoms with Crippen molar-refractivity contribution in [2.75, 3.05) is 7.11 Å². The molecule has 0 saturated heterocycles. The van der Waals surface area contributed by atoms with E-state index in [0.29, 0.717) is 16.5 Å². The molecule has 2 rings (SSSR count). The molecule has 5 heteroatoms. The fourth-order valence-electron chi connectivity index (χ4n) is 1.57. The molecule has 0 radical (unpaired) electrons. The second-order valence-corrected chi connectivity index (χ2v) is 3.93. The number of benzene rings is 1. The minimum atomic E-state index is -0.379. The van der Waals surface area contributed by atoms with Crippen LogP contribution in [0, 0.1) is 0 Å². The van der Waals surface area contributed by atoms with Crippen molar-refractivity contribution in [2.24, 2.45) is 5.73 Å². The van der Waals surface area contributed by atoms with Crippen LogP contribution in [0.15, 0.2) is 36.8 Å². The molecule has 0 bridgehead atoms. The van der Waals surface area contributed by atoms with Gasteiger partial charge in [0.15, 0.2) is 0 Å². The summed E-state index contributed by atoms with van der Waals surface area (Å²) in [4.78, 5) is 8.17. The zero-order chi connectivity index (χ0) is 12.3. The van der Waals surface area contributed by atoms with E-state index in [0.717, 1.165) is 5.56 Å². The molecule has 0 fully saturated rings. The number of hydrogen-bond acceptors (Lipinski definition) is 4. The Hall–Kier alpha value is -1.65. The van der Waals surface area contributed by atoms with Crippen molar-refractivity contribution in [1.29, 1.82) is 0 Å². The summed E-state index contributed by atoms with van der Waals surface area (Å²) in [7, 11) is 1.58. The highest BCUT2D eigenvalue weighted by molar-refractivity contribution is 6.30. The maximum absolute atomic E-state index is 6.12. The van der Waals surface area contributed by atoms with E-state index < -0.39 is 0 Å². The number of rotatable bonds is 3. The van der Waals surface area contributed by atoms with Crippen LogP contribution < -0.4 is 10.5 Å². The average Bonchev–Trinajstić information content (AvgIpc) is 2.39. The van der Waals surface area contributed by atoms with Gasteiger partial charge in [-0.3, -0.25) is 9.97 Å². The van der Waals surface area contributed by atoms with Gasteiger partial charge in [-0.1, -0.05) is 17.7 Å². The Bertz CT molecular complexity index is 504. The fourth-order valence-corrected chi connectivity index (χ4v) is 1.73. The number of aromatic nitrogens is 2. The number of nitrogens with zero attached hydrogens (tertiary/aromatic N) is 2. The minimum absolute atomic E-state index is 0.379. The molecule has 0 saturated carbocycles. The molecule has 0 aliphatic rings. The first kappa shape index (κ1) is 11.8. The van der Waals surface area contributed by atoms with Gasteiger partial charge < -0.3 is 10.5 Å². The Morgan fingerprint density at radius 2 is 2.18 bits per heavy atom. The number of ether oxygens (including phenoxy) is 1. The third kappa shape index (κ3) is 2.54. The van der Waals surface area contributed by atoms with E-state index in [9.17, 15) is 0 Å². The van der Waals surface area contributed by atoms with Crippen molar-refractivity contribution < 1.29 is 4.74 Å². The van der Waals surface area contributed by atoms with E-state index >= 15 is 0 Å². The summed E-state index contributed by atoms with van der Waals surface area (Å²) in [5.41, 5.74) is 7.64. The van der Waals surface area contributed by atoms with Gasteiger partial charge in [-0.05, 0) is 12.1 Å². The lowest BCUT2D eigenvalue weighted by Gasteiger charge is -2.15.